The van der Waals surface area contributed by atoms with E-state index in [-0.39, 0.29) is 13.2 Å². The number of hydrogen-bond acceptors (Lipinski definition) is 4. The van der Waals surface area contributed by atoms with Crippen molar-refractivity contribution in [1.29, 1.82) is 0 Å². The summed E-state index contributed by atoms with van der Waals surface area (Å²) in [7, 11) is 0. The van der Waals surface area contributed by atoms with Gasteiger partial charge in [-0.3, -0.25) is 0 Å². The van der Waals surface area contributed by atoms with Gasteiger partial charge in [0.2, 0.25) is 0 Å². The average molecular weight is 178 g/mol. The number of aliphatic hydroxyl groups excluding tert-OH is 2. The van der Waals surface area contributed by atoms with Gasteiger partial charge in [0.1, 0.15) is 5.60 Å². The van der Waals surface area contributed by atoms with Gasteiger partial charge in [0.15, 0.2) is 6.29 Å². The molecule has 12 heavy (non-hydrogen) atoms. The molecule has 0 aromatic heterocycles. The Balaban J connectivity index is 3.93. The zero-order chi connectivity index (χ0) is 9.61. The topological polar surface area (TPSA) is 69.9 Å². The molecule has 0 amide bonds. The number of hydrogen-bond donors (Lipinski definition) is 3. The fourth-order valence-corrected chi connectivity index (χ4v) is 0.919. The second-order valence-electron chi connectivity index (χ2n) is 2.76. The lowest BCUT2D eigenvalue weighted by atomic mass is 9.97. The van der Waals surface area contributed by atoms with Gasteiger partial charge in [-0.2, -0.15) is 0 Å². The maximum Gasteiger partial charge on any atom is 0.183 e. The summed E-state index contributed by atoms with van der Waals surface area (Å²) in [6.07, 6.45) is -0.355. The molecule has 0 aromatic carbocycles. The van der Waals surface area contributed by atoms with Gasteiger partial charge in [0, 0.05) is 0 Å². The molecular formula is C8H18O4. The van der Waals surface area contributed by atoms with Crippen molar-refractivity contribution in [2.24, 2.45) is 0 Å². The van der Waals surface area contributed by atoms with Gasteiger partial charge in [-0.25, -0.2) is 0 Å². The Morgan fingerprint density at radius 1 is 1.33 bits per heavy atom. The molecule has 0 saturated carbocycles. The van der Waals surface area contributed by atoms with Crippen molar-refractivity contribution in [3.63, 3.8) is 0 Å². The molecule has 74 valence electrons. The first kappa shape index (κ1) is 11.8. The molecule has 0 bridgehead atoms. The minimum absolute atomic E-state index is 0.0451. The van der Waals surface area contributed by atoms with Crippen LogP contribution in [0, 0.1) is 0 Å². The summed E-state index contributed by atoms with van der Waals surface area (Å²) in [4.78, 5) is 0. The van der Waals surface area contributed by atoms with Gasteiger partial charge in [0.25, 0.3) is 0 Å². The Labute approximate surface area is 72.8 Å². The van der Waals surface area contributed by atoms with Crippen LogP contribution < -0.4 is 0 Å². The maximum atomic E-state index is 9.67. The van der Waals surface area contributed by atoms with Gasteiger partial charge in [-0.05, 0) is 12.8 Å². The predicted molar refractivity (Wildman–Crippen MR) is 44.6 cm³/mol. The molecule has 3 N–H and O–H groups in total. The van der Waals surface area contributed by atoms with Crippen molar-refractivity contribution in [3.8, 4) is 0 Å². The molecule has 0 rings (SSSR count). The summed E-state index contributed by atoms with van der Waals surface area (Å²) >= 11 is 0. The van der Waals surface area contributed by atoms with Crippen LogP contribution in [0.2, 0.25) is 0 Å². The SMILES string of the molecule is CCC(O)(CC)C(O)OCCO. The normalized spacial score (nSPS) is 14.8. The minimum atomic E-state index is -1.21. The lowest BCUT2D eigenvalue weighted by Gasteiger charge is -2.30. The Bertz CT molecular complexity index is 112. The van der Waals surface area contributed by atoms with Crippen molar-refractivity contribution in [3.05, 3.63) is 0 Å². The van der Waals surface area contributed by atoms with Crippen LogP contribution in [0.5, 0.6) is 0 Å². The highest BCUT2D eigenvalue weighted by molar-refractivity contribution is 4.77. The van der Waals surface area contributed by atoms with Crippen molar-refractivity contribution < 1.29 is 20.1 Å². The third kappa shape index (κ3) is 3.06. The molecule has 1 unspecified atom stereocenters. The highest BCUT2D eigenvalue weighted by Gasteiger charge is 2.32. The van der Waals surface area contributed by atoms with E-state index in [9.17, 15) is 10.2 Å². The van der Waals surface area contributed by atoms with E-state index in [4.69, 9.17) is 9.84 Å². The predicted octanol–water partition coefficient (Wildman–Crippen LogP) is -0.135. The second-order valence-corrected chi connectivity index (χ2v) is 2.76. The van der Waals surface area contributed by atoms with E-state index in [0.717, 1.165) is 0 Å². The molecule has 0 heterocycles. The highest BCUT2D eigenvalue weighted by Crippen LogP contribution is 2.20. The maximum absolute atomic E-state index is 9.67. The standard InChI is InChI=1S/C8H18O4/c1-3-8(11,4-2)7(10)12-6-5-9/h7,9-11H,3-6H2,1-2H3. The lowest BCUT2D eigenvalue weighted by molar-refractivity contribution is -0.217. The van der Waals surface area contributed by atoms with Crippen LogP contribution in [0.1, 0.15) is 26.7 Å². The fourth-order valence-electron chi connectivity index (χ4n) is 0.919. The molecule has 0 aliphatic heterocycles. The van der Waals surface area contributed by atoms with E-state index in [1.165, 1.54) is 0 Å². The molecule has 0 aliphatic rings. The van der Waals surface area contributed by atoms with Gasteiger partial charge in [0.05, 0.1) is 13.2 Å². The highest BCUT2D eigenvalue weighted by atomic mass is 16.6. The zero-order valence-corrected chi connectivity index (χ0v) is 7.66. The van der Waals surface area contributed by atoms with Crippen LogP contribution in [-0.2, 0) is 4.74 Å². The molecule has 0 spiro atoms. The summed E-state index contributed by atoms with van der Waals surface area (Å²) in [5.74, 6) is 0. The third-order valence-corrected chi connectivity index (χ3v) is 2.05. The first-order valence-corrected chi connectivity index (χ1v) is 4.23. The van der Waals surface area contributed by atoms with Crippen molar-refractivity contribution >= 4 is 0 Å². The number of ether oxygens (including phenoxy) is 1. The molecule has 0 aromatic rings. The van der Waals surface area contributed by atoms with E-state index in [0.29, 0.717) is 12.8 Å². The summed E-state index contributed by atoms with van der Waals surface area (Å²) in [6.45, 7) is 3.44. The Kier molecular flexibility index (Phi) is 5.41. The first-order chi connectivity index (χ1) is 5.60. The smallest absolute Gasteiger partial charge is 0.183 e. The summed E-state index contributed by atoms with van der Waals surface area (Å²) < 4.78 is 4.79. The monoisotopic (exact) mass is 178 g/mol. The molecule has 0 radical (unpaired) electrons. The summed E-state index contributed by atoms with van der Waals surface area (Å²) in [6, 6.07) is 0. The van der Waals surface area contributed by atoms with Gasteiger partial charge < -0.3 is 20.1 Å². The zero-order valence-electron chi connectivity index (χ0n) is 7.66. The molecule has 1 atom stereocenters. The van der Waals surface area contributed by atoms with E-state index >= 15 is 0 Å². The van der Waals surface area contributed by atoms with Gasteiger partial charge in [-0.1, -0.05) is 13.8 Å². The summed E-state index contributed by atoms with van der Waals surface area (Å²) in [5, 5.41) is 27.4. The van der Waals surface area contributed by atoms with Crippen LogP contribution in [0.4, 0.5) is 0 Å². The first-order valence-electron chi connectivity index (χ1n) is 4.23. The molecular weight excluding hydrogens is 160 g/mol. The Morgan fingerprint density at radius 3 is 2.17 bits per heavy atom. The molecule has 0 saturated heterocycles. The Hall–Kier alpha value is -0.160. The number of aliphatic hydroxyl groups is 3. The van der Waals surface area contributed by atoms with E-state index in [1.54, 1.807) is 13.8 Å². The van der Waals surface area contributed by atoms with Crippen molar-refractivity contribution in [2.45, 2.75) is 38.6 Å². The number of rotatable bonds is 6. The van der Waals surface area contributed by atoms with Crippen molar-refractivity contribution in [1.82, 2.24) is 0 Å². The average Bonchev–Trinajstić information content (AvgIpc) is 2.12. The van der Waals surface area contributed by atoms with E-state index < -0.39 is 11.9 Å². The van der Waals surface area contributed by atoms with Gasteiger partial charge in [-0.15, -0.1) is 0 Å². The molecule has 4 heteroatoms. The van der Waals surface area contributed by atoms with Crippen LogP contribution in [0.15, 0.2) is 0 Å². The van der Waals surface area contributed by atoms with Gasteiger partial charge >= 0.3 is 0 Å². The van der Waals surface area contributed by atoms with E-state index in [1.807, 2.05) is 0 Å². The molecule has 0 fully saturated rings. The minimum Gasteiger partial charge on any atom is -0.394 e. The fraction of sp³-hybridized carbons (Fsp3) is 1.00. The molecule has 0 aliphatic carbocycles. The quantitative estimate of drug-likeness (QED) is 0.495. The van der Waals surface area contributed by atoms with Crippen LogP contribution in [0.25, 0.3) is 0 Å². The van der Waals surface area contributed by atoms with Crippen LogP contribution in [-0.4, -0.2) is 40.4 Å². The Morgan fingerprint density at radius 2 is 1.83 bits per heavy atom. The largest absolute Gasteiger partial charge is 0.394 e. The third-order valence-electron chi connectivity index (χ3n) is 2.05. The molecule has 4 nitrogen and oxygen atoms in total. The second kappa shape index (κ2) is 5.48. The van der Waals surface area contributed by atoms with Crippen LogP contribution in [0.3, 0.4) is 0 Å². The van der Waals surface area contributed by atoms with Crippen molar-refractivity contribution in [2.75, 3.05) is 13.2 Å². The van der Waals surface area contributed by atoms with Crippen LogP contribution >= 0.6 is 0 Å². The summed E-state index contributed by atoms with van der Waals surface area (Å²) in [5.41, 5.74) is -1.19. The van der Waals surface area contributed by atoms with E-state index in [2.05, 4.69) is 0 Å². The lowest BCUT2D eigenvalue weighted by Crippen LogP contribution is -2.43.